The van der Waals surface area contributed by atoms with Crippen molar-refractivity contribution in [2.75, 3.05) is 0 Å². The number of nitrogens with zero attached hydrogens (tertiary/aromatic N) is 2. The van der Waals surface area contributed by atoms with Gasteiger partial charge in [0, 0.05) is 6.07 Å². The maximum atomic E-state index is 10.7. The second-order valence-corrected chi connectivity index (χ2v) is 2.39. The van der Waals surface area contributed by atoms with Gasteiger partial charge in [0.15, 0.2) is 5.69 Å². The number of hydrogen-bond acceptors (Lipinski definition) is 3. The third-order valence-corrected chi connectivity index (χ3v) is 1.49. The maximum Gasteiger partial charge on any atom is 0.356 e. The van der Waals surface area contributed by atoms with Gasteiger partial charge in [0.1, 0.15) is 0 Å². The number of carboxylic acids is 1. The Balaban J connectivity index is 3.26. The van der Waals surface area contributed by atoms with E-state index >= 15 is 0 Å². The van der Waals surface area contributed by atoms with Crippen LogP contribution in [0.3, 0.4) is 0 Å². The van der Waals surface area contributed by atoms with Crippen LogP contribution in [0.25, 0.3) is 0 Å². The van der Waals surface area contributed by atoms with Crippen LogP contribution < -0.4 is 5.56 Å². The Morgan fingerprint density at radius 3 is 2.73 bits per heavy atom. The van der Waals surface area contributed by atoms with Crippen LogP contribution in [0.2, 0.25) is 0 Å². The molecule has 0 aliphatic rings. The predicted octanol–water partition coefficient (Wildman–Crippen LogP) is 0.0995. The number of hydrogen-bond donors (Lipinski definition) is 1. The van der Waals surface area contributed by atoms with Crippen LogP contribution in [0, 0.1) is 0 Å². The summed E-state index contributed by atoms with van der Waals surface area (Å²) in [6, 6.07) is 2.26. The summed E-state index contributed by atoms with van der Waals surface area (Å²) < 4.78 is 0.788. The van der Waals surface area contributed by atoms with Crippen LogP contribution in [0.1, 0.15) is 10.5 Å². The zero-order valence-corrected chi connectivity index (χ0v) is 6.78. The average Bonchev–Trinajstić information content (AvgIpc) is 1.94. The molecule has 5 nitrogen and oxygen atoms in total. The second kappa shape index (κ2) is 2.83. The highest BCUT2D eigenvalue weighted by Gasteiger charge is 2.04. The average molecular weight is 219 g/mol. The molecule has 11 heavy (non-hydrogen) atoms. The minimum Gasteiger partial charge on any atom is -0.476 e. The molecule has 0 spiro atoms. The van der Waals surface area contributed by atoms with Gasteiger partial charge < -0.3 is 5.11 Å². The standard InChI is InChI=1S/C5H3BrN2O3/c6-8-4(9)2-1-3(7-8)5(10)11/h1-2H,(H,10,11). The molecular weight excluding hydrogens is 216 g/mol. The molecule has 0 unspecified atom stereocenters. The van der Waals surface area contributed by atoms with Gasteiger partial charge in [-0.2, -0.15) is 8.81 Å². The van der Waals surface area contributed by atoms with Crippen molar-refractivity contribution >= 4 is 22.1 Å². The molecule has 0 aliphatic carbocycles. The maximum absolute atomic E-state index is 10.7. The van der Waals surface area contributed by atoms with Crippen LogP contribution >= 0.6 is 16.1 Å². The van der Waals surface area contributed by atoms with Crippen molar-refractivity contribution in [2.24, 2.45) is 0 Å². The molecule has 0 amide bonds. The predicted molar refractivity (Wildman–Crippen MR) is 39.8 cm³/mol. The Kier molecular flexibility index (Phi) is 2.04. The van der Waals surface area contributed by atoms with Crippen molar-refractivity contribution in [3.8, 4) is 0 Å². The van der Waals surface area contributed by atoms with E-state index in [0.717, 1.165) is 15.8 Å². The molecule has 6 heteroatoms. The zero-order valence-electron chi connectivity index (χ0n) is 5.19. The lowest BCUT2D eigenvalue weighted by atomic mass is 10.4. The minimum absolute atomic E-state index is 0.179. The fourth-order valence-electron chi connectivity index (χ4n) is 0.503. The molecule has 0 radical (unpaired) electrons. The first-order valence-corrected chi connectivity index (χ1v) is 3.32. The van der Waals surface area contributed by atoms with Gasteiger partial charge in [-0.25, -0.2) is 4.79 Å². The first-order valence-electron chi connectivity index (χ1n) is 2.61. The zero-order chi connectivity index (χ0) is 8.43. The van der Waals surface area contributed by atoms with Gasteiger partial charge in [0.25, 0.3) is 5.56 Å². The van der Waals surface area contributed by atoms with E-state index in [0.29, 0.717) is 0 Å². The monoisotopic (exact) mass is 218 g/mol. The Morgan fingerprint density at radius 1 is 1.64 bits per heavy atom. The number of carbonyl (C=O) groups is 1. The highest BCUT2D eigenvalue weighted by molar-refractivity contribution is 9.08. The lowest BCUT2D eigenvalue weighted by Gasteiger charge is -1.93. The lowest BCUT2D eigenvalue weighted by Crippen LogP contribution is -2.16. The van der Waals surface area contributed by atoms with Crippen molar-refractivity contribution in [3.63, 3.8) is 0 Å². The molecule has 1 rings (SSSR count). The summed E-state index contributed by atoms with van der Waals surface area (Å²) in [5.74, 6) is -1.17. The largest absolute Gasteiger partial charge is 0.476 e. The van der Waals surface area contributed by atoms with Gasteiger partial charge in [-0.05, 0) is 6.07 Å². The smallest absolute Gasteiger partial charge is 0.356 e. The lowest BCUT2D eigenvalue weighted by molar-refractivity contribution is 0.0689. The molecule has 1 aromatic rings. The Bertz CT molecular complexity index is 346. The van der Waals surface area contributed by atoms with Crippen molar-refractivity contribution in [2.45, 2.75) is 0 Å². The first-order chi connectivity index (χ1) is 5.11. The van der Waals surface area contributed by atoms with E-state index in [-0.39, 0.29) is 5.69 Å². The molecule has 58 valence electrons. The van der Waals surface area contributed by atoms with Gasteiger partial charge in [-0.1, -0.05) is 0 Å². The van der Waals surface area contributed by atoms with Crippen molar-refractivity contribution in [1.82, 2.24) is 8.81 Å². The normalized spacial score (nSPS) is 9.55. The van der Waals surface area contributed by atoms with Gasteiger partial charge in [-0.15, -0.1) is 0 Å². The van der Waals surface area contributed by atoms with E-state index in [1.165, 1.54) is 0 Å². The quantitative estimate of drug-likeness (QED) is 0.726. The molecule has 0 aliphatic heterocycles. The summed E-state index contributed by atoms with van der Waals surface area (Å²) in [5, 5.41) is 11.8. The summed E-state index contributed by atoms with van der Waals surface area (Å²) >= 11 is 2.74. The van der Waals surface area contributed by atoms with Gasteiger partial charge in [-0.3, -0.25) is 4.79 Å². The molecule has 0 saturated heterocycles. The second-order valence-electron chi connectivity index (χ2n) is 1.72. The Labute approximate surface area is 69.6 Å². The van der Waals surface area contributed by atoms with Gasteiger partial charge >= 0.3 is 5.97 Å². The number of aromatic carboxylic acids is 1. The van der Waals surface area contributed by atoms with Crippen LogP contribution in [-0.2, 0) is 0 Å². The third kappa shape index (κ3) is 1.64. The number of aromatic nitrogens is 2. The van der Waals surface area contributed by atoms with E-state index in [2.05, 4.69) is 21.2 Å². The highest BCUT2D eigenvalue weighted by atomic mass is 79.9. The fraction of sp³-hybridized carbons (Fsp3) is 0. The number of carboxylic acid groups (broad SMARTS) is 1. The molecule has 1 aromatic heterocycles. The SMILES string of the molecule is O=C(O)c1ccc(=O)n(Br)n1. The summed E-state index contributed by atoms with van der Waals surface area (Å²) in [6.45, 7) is 0. The first kappa shape index (κ1) is 7.93. The van der Waals surface area contributed by atoms with Crippen LogP contribution in [0.15, 0.2) is 16.9 Å². The summed E-state index contributed by atoms with van der Waals surface area (Å²) in [6.07, 6.45) is 0. The molecule has 0 bridgehead atoms. The van der Waals surface area contributed by atoms with Crippen LogP contribution in [0.5, 0.6) is 0 Å². The Morgan fingerprint density at radius 2 is 2.27 bits per heavy atom. The minimum atomic E-state index is -1.17. The van der Waals surface area contributed by atoms with E-state index in [9.17, 15) is 9.59 Å². The summed E-state index contributed by atoms with van der Waals surface area (Å²) in [5.41, 5.74) is -0.587. The Hall–Kier alpha value is -1.17. The molecule has 1 N–H and O–H groups in total. The van der Waals surface area contributed by atoms with Crippen LogP contribution in [0.4, 0.5) is 0 Å². The molecule has 0 aromatic carbocycles. The molecule has 0 saturated carbocycles. The number of rotatable bonds is 1. The summed E-state index contributed by atoms with van der Waals surface area (Å²) in [7, 11) is 0. The van der Waals surface area contributed by atoms with E-state index in [4.69, 9.17) is 5.11 Å². The van der Waals surface area contributed by atoms with Crippen molar-refractivity contribution in [1.29, 1.82) is 0 Å². The summed E-state index contributed by atoms with van der Waals surface area (Å²) in [4.78, 5) is 20.9. The topological polar surface area (TPSA) is 72.2 Å². The molecular formula is C5H3BrN2O3. The van der Waals surface area contributed by atoms with E-state index in [1.807, 2.05) is 0 Å². The van der Waals surface area contributed by atoms with E-state index < -0.39 is 11.5 Å². The fourth-order valence-corrected chi connectivity index (χ4v) is 0.792. The van der Waals surface area contributed by atoms with E-state index in [1.54, 1.807) is 0 Å². The molecule has 1 heterocycles. The highest BCUT2D eigenvalue weighted by Crippen LogP contribution is 1.91. The number of halogens is 1. The van der Waals surface area contributed by atoms with Gasteiger partial charge in [0.05, 0.1) is 16.1 Å². The van der Waals surface area contributed by atoms with Crippen LogP contribution in [-0.4, -0.2) is 19.9 Å². The third-order valence-electron chi connectivity index (χ3n) is 0.980. The molecule has 0 atom stereocenters. The van der Waals surface area contributed by atoms with Crippen molar-refractivity contribution in [3.05, 3.63) is 28.2 Å². The van der Waals surface area contributed by atoms with Gasteiger partial charge in [0.2, 0.25) is 0 Å². The molecule has 0 fully saturated rings. The van der Waals surface area contributed by atoms with Crippen molar-refractivity contribution < 1.29 is 9.90 Å².